The van der Waals surface area contributed by atoms with Crippen LogP contribution in [0.2, 0.25) is 0 Å². The van der Waals surface area contributed by atoms with Gasteiger partial charge in [0.15, 0.2) is 10.5 Å². The lowest BCUT2D eigenvalue weighted by molar-refractivity contribution is -0.120. The van der Waals surface area contributed by atoms with Crippen LogP contribution in [0.1, 0.15) is 18.4 Å². The van der Waals surface area contributed by atoms with E-state index in [9.17, 15) is 9.59 Å². The summed E-state index contributed by atoms with van der Waals surface area (Å²) in [6.45, 7) is 1.73. The molecule has 0 aliphatic carbocycles. The predicted octanol–water partition coefficient (Wildman–Crippen LogP) is 2.26. The molecule has 0 aliphatic rings. The van der Waals surface area contributed by atoms with Crippen molar-refractivity contribution >= 4 is 34.8 Å². The zero-order chi connectivity index (χ0) is 17.1. The predicted molar refractivity (Wildman–Crippen MR) is 92.5 cm³/mol. The van der Waals surface area contributed by atoms with Gasteiger partial charge in [-0.25, -0.2) is 5.43 Å². The highest BCUT2D eigenvalue weighted by molar-refractivity contribution is 7.71. The highest BCUT2D eigenvalue weighted by Gasteiger charge is 2.08. The van der Waals surface area contributed by atoms with Crippen LogP contribution < -0.4 is 11.0 Å². The van der Waals surface area contributed by atoms with Crippen molar-refractivity contribution in [2.75, 3.05) is 0 Å². The summed E-state index contributed by atoms with van der Waals surface area (Å²) in [5, 5.41) is 4.99. The molecule has 0 aliphatic heterocycles. The van der Waals surface area contributed by atoms with Gasteiger partial charge in [-0.1, -0.05) is 18.2 Å². The number of aromatic amines is 2. The molecule has 0 saturated heterocycles. The zero-order valence-electron chi connectivity index (χ0n) is 12.8. The average molecular weight is 342 g/mol. The van der Waals surface area contributed by atoms with E-state index in [2.05, 4.69) is 20.5 Å². The van der Waals surface area contributed by atoms with Gasteiger partial charge in [-0.05, 0) is 31.3 Å². The van der Waals surface area contributed by atoms with Crippen molar-refractivity contribution in [3.05, 3.63) is 63.0 Å². The Balaban J connectivity index is 1.70. The van der Waals surface area contributed by atoms with Gasteiger partial charge in [-0.2, -0.15) is 5.10 Å². The molecule has 0 bridgehead atoms. The highest BCUT2D eigenvalue weighted by Crippen LogP contribution is 2.19. The number of carbonyl (C=O) groups is 1. The molecule has 2 heterocycles. The Morgan fingerprint density at radius 2 is 2.08 bits per heavy atom. The van der Waals surface area contributed by atoms with Crippen molar-refractivity contribution in [3.8, 4) is 0 Å². The fourth-order valence-corrected chi connectivity index (χ4v) is 2.42. The van der Waals surface area contributed by atoms with Crippen molar-refractivity contribution in [3.63, 3.8) is 0 Å². The van der Waals surface area contributed by atoms with E-state index < -0.39 is 0 Å². The van der Waals surface area contributed by atoms with E-state index in [1.54, 1.807) is 6.92 Å². The number of rotatable bonds is 4. The second kappa shape index (κ2) is 6.63. The largest absolute Gasteiger partial charge is 0.455 e. The van der Waals surface area contributed by atoms with Gasteiger partial charge in [0.1, 0.15) is 11.3 Å². The Labute approximate surface area is 141 Å². The van der Waals surface area contributed by atoms with E-state index >= 15 is 0 Å². The number of hydrazone groups is 1. The van der Waals surface area contributed by atoms with Crippen molar-refractivity contribution < 1.29 is 9.21 Å². The zero-order valence-corrected chi connectivity index (χ0v) is 13.6. The van der Waals surface area contributed by atoms with Crippen LogP contribution in [0.4, 0.5) is 0 Å². The van der Waals surface area contributed by atoms with Gasteiger partial charge in [0.2, 0.25) is 5.91 Å². The summed E-state index contributed by atoms with van der Waals surface area (Å²) in [7, 11) is 0. The maximum Gasteiger partial charge on any atom is 0.251 e. The summed E-state index contributed by atoms with van der Waals surface area (Å²) in [5.41, 5.74) is 3.79. The first kappa shape index (κ1) is 15.9. The molecule has 24 heavy (non-hydrogen) atoms. The minimum absolute atomic E-state index is 0.0372. The molecule has 0 spiro atoms. The summed E-state index contributed by atoms with van der Waals surface area (Å²) < 4.78 is 5.84. The Morgan fingerprint density at radius 3 is 2.83 bits per heavy atom. The highest BCUT2D eigenvalue weighted by atomic mass is 32.1. The summed E-state index contributed by atoms with van der Waals surface area (Å²) in [6, 6.07) is 10.7. The number of hydrogen-bond donors (Lipinski definition) is 3. The first-order valence-electron chi connectivity index (χ1n) is 7.16. The van der Waals surface area contributed by atoms with E-state index in [4.69, 9.17) is 16.6 Å². The molecule has 1 aromatic carbocycles. The Kier molecular flexibility index (Phi) is 4.39. The van der Waals surface area contributed by atoms with Crippen molar-refractivity contribution in [2.45, 2.75) is 13.3 Å². The first-order chi connectivity index (χ1) is 11.5. The van der Waals surface area contributed by atoms with Crippen LogP contribution in [-0.2, 0) is 11.2 Å². The maximum atomic E-state index is 11.9. The maximum absolute atomic E-state index is 11.9. The molecule has 7 nitrogen and oxygen atoms in total. The van der Waals surface area contributed by atoms with Gasteiger partial charge in [-0.3, -0.25) is 14.6 Å². The van der Waals surface area contributed by atoms with Gasteiger partial charge in [0, 0.05) is 17.1 Å². The van der Waals surface area contributed by atoms with E-state index in [1.165, 1.54) is 6.07 Å². The molecule has 0 fully saturated rings. The van der Waals surface area contributed by atoms with E-state index in [0.29, 0.717) is 17.2 Å². The molecule has 122 valence electrons. The van der Waals surface area contributed by atoms with Crippen LogP contribution in [0.15, 0.2) is 50.7 Å². The first-order valence-corrected chi connectivity index (χ1v) is 7.57. The normalized spacial score (nSPS) is 11.6. The molecular formula is C16H14N4O3S. The number of H-pyrrole nitrogens is 2. The van der Waals surface area contributed by atoms with Gasteiger partial charge < -0.3 is 9.40 Å². The Hall–Kier alpha value is -3.00. The lowest BCUT2D eigenvalue weighted by Gasteiger charge is -2.01. The fraction of sp³-hybridized carbons (Fsp3) is 0.125. The lowest BCUT2D eigenvalue weighted by atomic mass is 10.2. The third-order valence-corrected chi connectivity index (χ3v) is 3.50. The van der Waals surface area contributed by atoms with Gasteiger partial charge in [0.25, 0.3) is 5.56 Å². The Bertz CT molecular complexity index is 984. The lowest BCUT2D eigenvalue weighted by Crippen LogP contribution is -2.22. The van der Waals surface area contributed by atoms with Gasteiger partial charge in [0.05, 0.1) is 6.42 Å². The summed E-state index contributed by atoms with van der Waals surface area (Å²) in [5.74, 6) is 0.203. The molecule has 8 heteroatoms. The number of benzene rings is 1. The minimum Gasteiger partial charge on any atom is -0.455 e. The SMILES string of the molecule is C/C(=N/NC(=O)Cc1cc(=O)[nH]c(=S)[nH]1)c1cc2ccccc2o1. The second-order valence-corrected chi connectivity index (χ2v) is 5.58. The number of carbonyl (C=O) groups excluding carboxylic acids is 1. The number of nitrogens with zero attached hydrogens (tertiary/aromatic N) is 1. The van der Waals surface area contributed by atoms with Gasteiger partial charge >= 0.3 is 0 Å². The van der Waals surface area contributed by atoms with Crippen LogP contribution in [0.3, 0.4) is 0 Å². The molecule has 0 atom stereocenters. The van der Waals surface area contributed by atoms with E-state index in [1.807, 2.05) is 30.3 Å². The summed E-state index contributed by atoms with van der Waals surface area (Å²) >= 11 is 4.86. The molecule has 0 radical (unpaired) electrons. The summed E-state index contributed by atoms with van der Waals surface area (Å²) in [4.78, 5) is 28.4. The number of aromatic nitrogens is 2. The van der Waals surface area contributed by atoms with Crippen LogP contribution in [-0.4, -0.2) is 21.6 Å². The number of fused-ring (bicyclic) bond motifs is 1. The molecular weight excluding hydrogens is 328 g/mol. The van der Waals surface area contributed by atoms with E-state index in [-0.39, 0.29) is 22.7 Å². The fourth-order valence-electron chi connectivity index (χ4n) is 2.19. The molecule has 1 amide bonds. The second-order valence-electron chi connectivity index (χ2n) is 5.17. The molecule has 0 saturated carbocycles. The minimum atomic E-state index is -0.373. The number of para-hydroxylation sites is 1. The number of furan rings is 1. The van der Waals surface area contributed by atoms with Crippen molar-refractivity contribution in [1.82, 2.24) is 15.4 Å². The summed E-state index contributed by atoms with van der Waals surface area (Å²) in [6.07, 6.45) is -0.0372. The van der Waals surface area contributed by atoms with Crippen LogP contribution >= 0.6 is 12.2 Å². The third-order valence-electron chi connectivity index (χ3n) is 3.30. The monoisotopic (exact) mass is 342 g/mol. The topological polar surface area (TPSA) is 103 Å². The van der Waals surface area contributed by atoms with Gasteiger partial charge in [-0.15, -0.1) is 0 Å². The molecule has 0 unspecified atom stereocenters. The molecule has 3 rings (SSSR count). The van der Waals surface area contributed by atoms with E-state index in [0.717, 1.165) is 11.0 Å². The average Bonchev–Trinajstić information content (AvgIpc) is 2.95. The van der Waals surface area contributed by atoms with Crippen LogP contribution in [0, 0.1) is 4.77 Å². The third kappa shape index (κ3) is 3.66. The number of hydrogen-bond acceptors (Lipinski definition) is 5. The van der Waals surface area contributed by atoms with Crippen LogP contribution in [0.25, 0.3) is 11.0 Å². The van der Waals surface area contributed by atoms with Crippen molar-refractivity contribution in [2.24, 2.45) is 5.10 Å². The molecule has 2 aromatic heterocycles. The molecule has 3 aromatic rings. The number of amides is 1. The smallest absolute Gasteiger partial charge is 0.251 e. The van der Waals surface area contributed by atoms with Crippen molar-refractivity contribution in [1.29, 1.82) is 0 Å². The van der Waals surface area contributed by atoms with Crippen LogP contribution in [0.5, 0.6) is 0 Å². The standard InChI is InChI=1S/C16H14N4O3S/c1-9(13-6-10-4-2-3-5-12(10)23-13)19-20-15(22)8-11-7-14(21)18-16(24)17-11/h2-7H,8H2,1H3,(H,20,22)(H2,17,18,21,24)/b19-9-. The number of nitrogens with one attached hydrogen (secondary N) is 3. The molecule has 3 N–H and O–H groups in total. The Morgan fingerprint density at radius 1 is 1.29 bits per heavy atom. The quantitative estimate of drug-likeness (QED) is 0.384.